The third-order valence-corrected chi connectivity index (χ3v) is 0.622. The van der Waals surface area contributed by atoms with Crippen molar-refractivity contribution in [2.75, 3.05) is 0 Å². The second kappa shape index (κ2) is 10.4. The highest BCUT2D eigenvalue weighted by molar-refractivity contribution is 4.48. The van der Waals surface area contributed by atoms with Gasteiger partial charge < -0.3 is 17.2 Å². The summed E-state index contributed by atoms with van der Waals surface area (Å²) >= 11 is 0. The maximum Gasteiger partial charge on any atom is 0.0520 e. The Labute approximate surface area is 56.9 Å². The second-order valence-electron chi connectivity index (χ2n) is 1.69. The van der Waals surface area contributed by atoms with Crippen LogP contribution in [0.4, 0.5) is 0 Å². The maximum atomic E-state index is 5.18. The van der Waals surface area contributed by atoms with Gasteiger partial charge in [0.1, 0.15) is 0 Å². The van der Waals surface area contributed by atoms with E-state index in [-0.39, 0.29) is 6.17 Å². The first-order valence-corrected chi connectivity index (χ1v) is 3.02. The van der Waals surface area contributed by atoms with Crippen molar-refractivity contribution in [3.8, 4) is 0 Å². The number of nitrogens with two attached hydrogens (primary N) is 3. The highest BCUT2D eigenvalue weighted by Gasteiger charge is 1.85. The van der Waals surface area contributed by atoms with Crippen molar-refractivity contribution in [3.05, 3.63) is 12.8 Å². The van der Waals surface area contributed by atoms with Crippen molar-refractivity contribution in [1.29, 1.82) is 0 Å². The third kappa shape index (κ3) is 36.7. The summed E-state index contributed by atoms with van der Waals surface area (Å²) in [6.45, 7) is 5.20. The molecule has 9 heavy (non-hydrogen) atoms. The molecule has 0 unspecified atom stereocenters. The molecule has 0 aliphatic heterocycles. The van der Waals surface area contributed by atoms with Crippen LogP contribution in [0.25, 0.3) is 0 Å². The Morgan fingerprint density at radius 2 is 1.89 bits per heavy atom. The van der Waals surface area contributed by atoms with E-state index < -0.39 is 0 Å². The lowest BCUT2D eigenvalue weighted by Crippen LogP contribution is -2.29. The van der Waals surface area contributed by atoms with E-state index in [1.165, 1.54) is 6.20 Å². The summed E-state index contributed by atoms with van der Waals surface area (Å²) in [5.41, 5.74) is 15.0. The third-order valence-electron chi connectivity index (χ3n) is 0.622. The standard InChI is InChI=1S/C4H12N2.C2H5N/c1-2-3-4(5)6;1-2-3/h4H,2-3,5-6H2,1H3;2H,1,3H2. The highest BCUT2D eigenvalue weighted by atomic mass is 14.8. The van der Waals surface area contributed by atoms with Crippen molar-refractivity contribution in [2.24, 2.45) is 17.2 Å². The zero-order valence-corrected chi connectivity index (χ0v) is 6.01. The molecule has 0 atom stereocenters. The normalized spacial score (nSPS) is 8.00. The Morgan fingerprint density at radius 1 is 1.56 bits per heavy atom. The van der Waals surface area contributed by atoms with Crippen LogP contribution in [-0.4, -0.2) is 6.17 Å². The molecule has 0 aromatic heterocycles. The molecule has 0 aliphatic carbocycles. The number of hydrogen-bond acceptors (Lipinski definition) is 3. The van der Waals surface area contributed by atoms with Crippen molar-refractivity contribution >= 4 is 0 Å². The van der Waals surface area contributed by atoms with Gasteiger partial charge in [-0.1, -0.05) is 19.9 Å². The minimum atomic E-state index is -0.102. The molecule has 0 aliphatic rings. The van der Waals surface area contributed by atoms with E-state index >= 15 is 0 Å². The average molecular weight is 131 g/mol. The summed E-state index contributed by atoms with van der Waals surface area (Å²) in [6, 6.07) is 0. The van der Waals surface area contributed by atoms with Gasteiger partial charge in [0.2, 0.25) is 0 Å². The van der Waals surface area contributed by atoms with Gasteiger partial charge in [-0.25, -0.2) is 0 Å². The molecule has 0 fully saturated rings. The summed E-state index contributed by atoms with van der Waals surface area (Å²) in [5, 5.41) is 0. The SMILES string of the molecule is C=CN.CCCC(N)N. The van der Waals surface area contributed by atoms with E-state index in [2.05, 4.69) is 19.2 Å². The summed E-state index contributed by atoms with van der Waals surface area (Å²) in [7, 11) is 0. The monoisotopic (exact) mass is 131 g/mol. The lowest BCUT2D eigenvalue weighted by molar-refractivity contribution is 0.627. The molecule has 0 aromatic rings. The molecular formula is C6H17N3. The molecule has 56 valence electrons. The molecule has 0 spiro atoms. The largest absolute Gasteiger partial charge is 0.405 e. The van der Waals surface area contributed by atoms with E-state index in [1.807, 2.05) is 0 Å². The molecule has 3 heteroatoms. The Hall–Kier alpha value is -0.540. The van der Waals surface area contributed by atoms with Crippen LogP contribution < -0.4 is 17.2 Å². The quantitative estimate of drug-likeness (QED) is 0.466. The maximum absolute atomic E-state index is 5.18. The first-order chi connectivity index (χ1) is 4.18. The molecule has 0 bridgehead atoms. The lowest BCUT2D eigenvalue weighted by Gasteiger charge is -1.97. The average Bonchev–Trinajstić information content (AvgIpc) is 1.67. The Balaban J connectivity index is 0. The van der Waals surface area contributed by atoms with Crippen molar-refractivity contribution in [3.63, 3.8) is 0 Å². The van der Waals surface area contributed by atoms with Crippen LogP contribution in [0.15, 0.2) is 12.8 Å². The fourth-order valence-electron chi connectivity index (χ4n) is 0.333. The van der Waals surface area contributed by atoms with Crippen LogP contribution in [-0.2, 0) is 0 Å². The fraction of sp³-hybridized carbons (Fsp3) is 0.667. The van der Waals surface area contributed by atoms with Gasteiger partial charge >= 0.3 is 0 Å². The van der Waals surface area contributed by atoms with Gasteiger partial charge in [0, 0.05) is 0 Å². The van der Waals surface area contributed by atoms with Crippen LogP contribution >= 0.6 is 0 Å². The predicted molar refractivity (Wildman–Crippen MR) is 41.5 cm³/mol. The predicted octanol–water partition coefficient (Wildman–Crippen LogP) is 0.119. The first kappa shape index (κ1) is 11.3. The van der Waals surface area contributed by atoms with Crippen molar-refractivity contribution < 1.29 is 0 Å². The van der Waals surface area contributed by atoms with Crippen LogP contribution in [0, 0.1) is 0 Å². The van der Waals surface area contributed by atoms with Crippen molar-refractivity contribution in [2.45, 2.75) is 25.9 Å². The van der Waals surface area contributed by atoms with Crippen LogP contribution in [0.1, 0.15) is 19.8 Å². The van der Waals surface area contributed by atoms with Gasteiger partial charge in [0.25, 0.3) is 0 Å². The molecule has 0 saturated heterocycles. The van der Waals surface area contributed by atoms with Crippen molar-refractivity contribution in [1.82, 2.24) is 0 Å². The van der Waals surface area contributed by atoms with E-state index in [0.717, 1.165) is 12.8 Å². The van der Waals surface area contributed by atoms with E-state index in [4.69, 9.17) is 11.5 Å². The molecule has 6 N–H and O–H groups in total. The summed E-state index contributed by atoms with van der Waals surface area (Å²) in [4.78, 5) is 0. The first-order valence-electron chi connectivity index (χ1n) is 3.02. The molecule has 3 nitrogen and oxygen atoms in total. The van der Waals surface area contributed by atoms with E-state index in [1.54, 1.807) is 0 Å². The molecule has 0 amide bonds. The lowest BCUT2D eigenvalue weighted by atomic mass is 10.3. The Kier molecular flexibility index (Phi) is 13.1. The zero-order chi connectivity index (χ0) is 7.70. The summed E-state index contributed by atoms with van der Waals surface area (Å²) < 4.78 is 0. The van der Waals surface area contributed by atoms with Gasteiger partial charge in [-0.3, -0.25) is 0 Å². The van der Waals surface area contributed by atoms with Crippen LogP contribution in [0.2, 0.25) is 0 Å². The number of hydrogen-bond donors (Lipinski definition) is 3. The second-order valence-corrected chi connectivity index (χ2v) is 1.69. The van der Waals surface area contributed by atoms with E-state index in [9.17, 15) is 0 Å². The zero-order valence-electron chi connectivity index (χ0n) is 6.01. The smallest absolute Gasteiger partial charge is 0.0520 e. The molecule has 0 heterocycles. The van der Waals surface area contributed by atoms with Gasteiger partial charge in [0.05, 0.1) is 6.17 Å². The molecule has 0 saturated carbocycles. The molecule has 0 aromatic carbocycles. The number of rotatable bonds is 2. The van der Waals surface area contributed by atoms with Gasteiger partial charge in [-0.05, 0) is 12.6 Å². The van der Waals surface area contributed by atoms with Gasteiger partial charge in [-0.15, -0.1) is 0 Å². The Bertz CT molecular complexity index is 52.3. The van der Waals surface area contributed by atoms with E-state index in [0.29, 0.717) is 0 Å². The Morgan fingerprint density at radius 3 is 1.89 bits per heavy atom. The molecular weight excluding hydrogens is 114 g/mol. The minimum absolute atomic E-state index is 0.102. The minimum Gasteiger partial charge on any atom is -0.405 e. The highest BCUT2D eigenvalue weighted by Crippen LogP contribution is 1.82. The summed E-state index contributed by atoms with van der Waals surface area (Å²) in [5.74, 6) is 0. The summed E-state index contributed by atoms with van der Waals surface area (Å²) in [6.07, 6.45) is 3.16. The van der Waals surface area contributed by atoms with Gasteiger partial charge in [-0.2, -0.15) is 0 Å². The topological polar surface area (TPSA) is 78.1 Å². The van der Waals surface area contributed by atoms with Gasteiger partial charge in [0.15, 0.2) is 0 Å². The van der Waals surface area contributed by atoms with Crippen LogP contribution in [0.5, 0.6) is 0 Å². The molecule has 0 rings (SSSR count). The van der Waals surface area contributed by atoms with Crippen LogP contribution in [0.3, 0.4) is 0 Å². The fourth-order valence-corrected chi connectivity index (χ4v) is 0.333. The molecule has 0 radical (unpaired) electrons.